The number of carbonyl (C=O) groups excluding carboxylic acids is 1. The highest BCUT2D eigenvalue weighted by Crippen LogP contribution is 2.28. The van der Waals surface area contributed by atoms with E-state index in [-0.39, 0.29) is 5.91 Å². The van der Waals surface area contributed by atoms with Crippen LogP contribution in [0.25, 0.3) is 11.1 Å². The van der Waals surface area contributed by atoms with Gasteiger partial charge in [0.25, 0.3) is 5.91 Å². The quantitative estimate of drug-likeness (QED) is 0.575. The van der Waals surface area contributed by atoms with Gasteiger partial charge in [-0.05, 0) is 53.2 Å². The summed E-state index contributed by atoms with van der Waals surface area (Å²) in [6.45, 7) is 0.592. The number of rotatable bonds is 5. The van der Waals surface area contributed by atoms with Crippen LogP contribution in [-0.2, 0) is 11.3 Å². The first kappa shape index (κ1) is 17.0. The Labute approximate surface area is 145 Å². The van der Waals surface area contributed by atoms with Crippen LogP contribution in [0.15, 0.2) is 48.8 Å². The largest absolute Gasteiger partial charge is 0.299 e. The molecule has 0 unspecified atom stereocenters. The van der Waals surface area contributed by atoms with E-state index in [4.69, 9.17) is 5.21 Å². The summed E-state index contributed by atoms with van der Waals surface area (Å²) in [5, 5.41) is 12.4. The second-order valence-corrected chi connectivity index (χ2v) is 7.15. The molecule has 0 saturated carbocycles. The van der Waals surface area contributed by atoms with Crippen molar-refractivity contribution in [3.05, 3.63) is 54.4 Å². The Kier molecular flexibility index (Phi) is 5.50. The number of hydrogen-bond donors (Lipinski definition) is 3. The molecular weight excluding hydrogens is 322 g/mol. The van der Waals surface area contributed by atoms with Crippen LogP contribution in [0.2, 0.25) is 0 Å². The van der Waals surface area contributed by atoms with E-state index in [1.807, 2.05) is 29.4 Å². The molecule has 1 amide bonds. The lowest BCUT2D eigenvalue weighted by molar-refractivity contribution is -0.136. The molecule has 0 aliphatic carbocycles. The number of thioether (sulfide) groups is 1. The van der Waals surface area contributed by atoms with Crippen molar-refractivity contribution < 1.29 is 10.0 Å². The lowest BCUT2D eigenvalue weighted by atomic mass is 9.91. The van der Waals surface area contributed by atoms with Gasteiger partial charge in [0.2, 0.25) is 0 Å². The number of pyridine rings is 1. The van der Waals surface area contributed by atoms with Crippen LogP contribution in [0, 0.1) is 0 Å². The van der Waals surface area contributed by atoms with Crippen molar-refractivity contribution in [2.75, 3.05) is 11.5 Å². The van der Waals surface area contributed by atoms with Gasteiger partial charge >= 0.3 is 0 Å². The van der Waals surface area contributed by atoms with E-state index < -0.39 is 5.54 Å². The number of aromatic nitrogens is 1. The van der Waals surface area contributed by atoms with Crippen LogP contribution >= 0.6 is 11.8 Å². The Morgan fingerprint density at radius 3 is 2.33 bits per heavy atom. The van der Waals surface area contributed by atoms with Crippen LogP contribution in [0.4, 0.5) is 0 Å². The molecule has 1 aliphatic rings. The fraction of sp³-hybridized carbons (Fsp3) is 0.333. The maximum atomic E-state index is 12.1. The minimum absolute atomic E-state index is 0.337. The molecule has 0 radical (unpaired) electrons. The predicted molar refractivity (Wildman–Crippen MR) is 95.7 cm³/mol. The van der Waals surface area contributed by atoms with Gasteiger partial charge in [-0.3, -0.25) is 20.3 Å². The van der Waals surface area contributed by atoms with Gasteiger partial charge in [-0.15, -0.1) is 0 Å². The van der Waals surface area contributed by atoms with E-state index in [9.17, 15) is 4.79 Å². The molecule has 1 aromatic heterocycles. The molecule has 2 aromatic rings. The molecule has 3 N–H and O–H groups in total. The summed E-state index contributed by atoms with van der Waals surface area (Å²) in [6.07, 6.45) is 5.00. The number of hydroxylamine groups is 1. The van der Waals surface area contributed by atoms with Crippen molar-refractivity contribution in [3.8, 4) is 11.1 Å². The van der Waals surface area contributed by atoms with Crippen LogP contribution in [0.1, 0.15) is 18.4 Å². The monoisotopic (exact) mass is 343 g/mol. The number of amides is 1. The highest BCUT2D eigenvalue weighted by Gasteiger charge is 2.39. The maximum absolute atomic E-state index is 12.1. The van der Waals surface area contributed by atoms with Gasteiger partial charge in [-0.2, -0.15) is 11.8 Å². The summed E-state index contributed by atoms with van der Waals surface area (Å²) in [4.78, 5) is 16.1. The fourth-order valence-corrected chi connectivity index (χ4v) is 4.13. The minimum atomic E-state index is -0.677. The molecular formula is C18H21N3O2S. The number of benzene rings is 1. The molecule has 6 heteroatoms. The second-order valence-electron chi connectivity index (χ2n) is 5.92. The van der Waals surface area contributed by atoms with Crippen molar-refractivity contribution in [2.45, 2.75) is 24.9 Å². The summed E-state index contributed by atoms with van der Waals surface area (Å²) in [5.74, 6) is 1.50. The van der Waals surface area contributed by atoms with Crippen LogP contribution in [0.5, 0.6) is 0 Å². The molecule has 3 rings (SSSR count). The number of hydrogen-bond acceptors (Lipinski definition) is 5. The van der Waals surface area contributed by atoms with Crippen LogP contribution in [0.3, 0.4) is 0 Å². The maximum Gasteiger partial charge on any atom is 0.263 e. The van der Waals surface area contributed by atoms with Gasteiger partial charge in [0.1, 0.15) is 5.54 Å². The van der Waals surface area contributed by atoms with Crippen molar-refractivity contribution in [3.63, 3.8) is 0 Å². The van der Waals surface area contributed by atoms with Crippen molar-refractivity contribution >= 4 is 17.7 Å². The summed E-state index contributed by atoms with van der Waals surface area (Å²) >= 11 is 1.84. The molecule has 5 nitrogen and oxygen atoms in total. The average molecular weight is 343 g/mol. The van der Waals surface area contributed by atoms with Gasteiger partial charge in [0.15, 0.2) is 0 Å². The third-order valence-corrected chi connectivity index (χ3v) is 5.47. The van der Waals surface area contributed by atoms with Gasteiger partial charge in [-0.1, -0.05) is 24.3 Å². The SMILES string of the molecule is O=C(NO)C1(NCc2ccc(-c3ccncc3)cc2)CCSCC1. The molecule has 1 aliphatic heterocycles. The van der Waals surface area contributed by atoms with Crippen molar-refractivity contribution in [1.82, 2.24) is 15.8 Å². The smallest absolute Gasteiger partial charge is 0.263 e. The molecule has 0 atom stereocenters. The predicted octanol–water partition coefficient (Wildman–Crippen LogP) is 2.61. The summed E-state index contributed by atoms with van der Waals surface area (Å²) in [6, 6.07) is 12.2. The Hall–Kier alpha value is -1.89. The fourth-order valence-electron chi connectivity index (χ4n) is 2.94. The molecule has 0 spiro atoms. The molecule has 126 valence electrons. The molecule has 1 saturated heterocycles. The van der Waals surface area contributed by atoms with E-state index in [2.05, 4.69) is 34.6 Å². The lowest BCUT2D eigenvalue weighted by Gasteiger charge is -2.35. The first-order valence-electron chi connectivity index (χ1n) is 8.00. The van der Waals surface area contributed by atoms with Gasteiger partial charge in [0, 0.05) is 18.9 Å². The Balaban J connectivity index is 1.68. The molecule has 24 heavy (non-hydrogen) atoms. The highest BCUT2D eigenvalue weighted by atomic mass is 32.2. The average Bonchev–Trinajstić information content (AvgIpc) is 2.67. The van der Waals surface area contributed by atoms with Crippen LogP contribution < -0.4 is 10.8 Å². The van der Waals surface area contributed by atoms with E-state index in [1.54, 1.807) is 12.4 Å². The first-order valence-corrected chi connectivity index (χ1v) is 9.16. The molecule has 1 fully saturated rings. The minimum Gasteiger partial charge on any atom is -0.299 e. The third kappa shape index (κ3) is 3.77. The zero-order valence-corrected chi connectivity index (χ0v) is 14.2. The lowest BCUT2D eigenvalue weighted by Crippen LogP contribution is -2.58. The standard InChI is InChI=1S/C18H21N3O2S/c22-17(21-23)18(7-11-24-12-8-18)20-13-14-1-3-15(4-2-14)16-5-9-19-10-6-16/h1-6,9-10,20,23H,7-8,11-13H2,(H,21,22). The Morgan fingerprint density at radius 2 is 1.71 bits per heavy atom. The van der Waals surface area contributed by atoms with Gasteiger partial charge in [-0.25, -0.2) is 5.48 Å². The topological polar surface area (TPSA) is 74.2 Å². The van der Waals surface area contributed by atoms with Crippen LogP contribution in [-0.4, -0.2) is 33.1 Å². The highest BCUT2D eigenvalue weighted by molar-refractivity contribution is 7.99. The van der Waals surface area contributed by atoms with E-state index in [0.717, 1.165) is 41.0 Å². The molecule has 1 aromatic carbocycles. The van der Waals surface area contributed by atoms with E-state index >= 15 is 0 Å². The van der Waals surface area contributed by atoms with Gasteiger partial charge in [0.05, 0.1) is 0 Å². The molecule has 2 heterocycles. The van der Waals surface area contributed by atoms with Gasteiger partial charge < -0.3 is 0 Å². The van der Waals surface area contributed by atoms with Crippen molar-refractivity contribution in [2.24, 2.45) is 0 Å². The number of nitrogens with one attached hydrogen (secondary N) is 2. The normalized spacial score (nSPS) is 16.5. The zero-order valence-electron chi connectivity index (χ0n) is 13.4. The molecule has 0 bridgehead atoms. The summed E-state index contributed by atoms with van der Waals surface area (Å²) in [7, 11) is 0. The first-order chi connectivity index (χ1) is 11.7. The second kappa shape index (κ2) is 7.79. The third-order valence-electron chi connectivity index (χ3n) is 4.48. The number of nitrogens with zero attached hydrogens (tertiary/aromatic N) is 1. The Morgan fingerprint density at radius 1 is 1.08 bits per heavy atom. The van der Waals surface area contributed by atoms with E-state index in [0.29, 0.717) is 6.54 Å². The zero-order chi connectivity index (χ0) is 16.8. The van der Waals surface area contributed by atoms with Crippen molar-refractivity contribution in [1.29, 1.82) is 0 Å². The van der Waals surface area contributed by atoms with E-state index in [1.165, 1.54) is 0 Å². The summed E-state index contributed by atoms with van der Waals surface area (Å²) < 4.78 is 0. The Bertz CT molecular complexity index is 670. The summed E-state index contributed by atoms with van der Waals surface area (Å²) in [5.41, 5.74) is 4.52. The number of carbonyl (C=O) groups is 1.